The van der Waals surface area contributed by atoms with Crippen LogP contribution in [0.4, 0.5) is 0 Å². The third-order valence-corrected chi connectivity index (χ3v) is 4.08. The van der Waals surface area contributed by atoms with Gasteiger partial charge in [-0.05, 0) is 42.2 Å². The van der Waals surface area contributed by atoms with Gasteiger partial charge in [-0.3, -0.25) is 0 Å². The van der Waals surface area contributed by atoms with E-state index in [0.29, 0.717) is 0 Å². The van der Waals surface area contributed by atoms with Crippen molar-refractivity contribution in [1.29, 1.82) is 0 Å². The third kappa shape index (κ3) is 2.00. The lowest BCUT2D eigenvalue weighted by atomic mass is 9.91. The molecule has 0 saturated carbocycles. The fourth-order valence-corrected chi connectivity index (χ4v) is 2.97. The molecule has 0 saturated heterocycles. The minimum atomic E-state index is -0.927. The molecule has 0 unspecified atom stereocenters. The number of carboxylic acid groups (broad SMARTS) is 1. The molecule has 3 aromatic rings. The van der Waals surface area contributed by atoms with Gasteiger partial charge >= 0.3 is 5.97 Å². The molecule has 22 heavy (non-hydrogen) atoms. The van der Waals surface area contributed by atoms with Crippen LogP contribution >= 0.6 is 0 Å². The number of carboxylic acids is 1. The molecule has 4 nitrogen and oxygen atoms in total. The maximum atomic E-state index is 11.1. The molecule has 0 fully saturated rings. The highest BCUT2D eigenvalue weighted by molar-refractivity contribution is 5.88. The van der Waals surface area contributed by atoms with Crippen molar-refractivity contribution in [3.05, 3.63) is 71.4 Å². The Morgan fingerprint density at radius 2 is 1.86 bits per heavy atom. The van der Waals surface area contributed by atoms with Gasteiger partial charge in [0.1, 0.15) is 0 Å². The quantitative estimate of drug-likeness (QED) is 0.787. The Morgan fingerprint density at radius 1 is 1.05 bits per heavy atom. The summed E-state index contributed by atoms with van der Waals surface area (Å²) in [4.78, 5) is 11.1. The number of nitrogens with zero attached hydrogens (tertiary/aromatic N) is 2. The minimum absolute atomic E-state index is 0.270. The molecule has 4 heteroatoms. The number of carbonyl (C=O) groups is 1. The highest BCUT2D eigenvalue weighted by atomic mass is 16.4. The molecular formula is C18H14N2O2. The first-order chi connectivity index (χ1) is 10.7. The number of aromatic nitrogens is 2. The average Bonchev–Trinajstić information content (AvgIpc) is 2.99. The van der Waals surface area contributed by atoms with Crippen LogP contribution < -0.4 is 0 Å². The highest BCUT2D eigenvalue weighted by Gasteiger charge is 2.19. The van der Waals surface area contributed by atoms with Gasteiger partial charge in [-0.25, -0.2) is 9.48 Å². The first kappa shape index (κ1) is 12.8. The van der Waals surface area contributed by atoms with Crippen molar-refractivity contribution in [3.63, 3.8) is 0 Å². The molecule has 108 valence electrons. The molecule has 1 heterocycles. The van der Waals surface area contributed by atoms with Crippen molar-refractivity contribution in [3.8, 4) is 16.9 Å². The van der Waals surface area contributed by atoms with E-state index in [-0.39, 0.29) is 5.56 Å². The second-order valence-electron chi connectivity index (χ2n) is 5.46. The first-order valence-electron chi connectivity index (χ1n) is 7.23. The zero-order valence-corrected chi connectivity index (χ0v) is 11.9. The molecule has 2 aromatic carbocycles. The lowest BCUT2D eigenvalue weighted by molar-refractivity contribution is 0.0697. The van der Waals surface area contributed by atoms with E-state index < -0.39 is 5.97 Å². The maximum Gasteiger partial charge on any atom is 0.335 e. The lowest BCUT2D eigenvalue weighted by Crippen LogP contribution is -2.02. The van der Waals surface area contributed by atoms with Gasteiger partial charge in [0, 0.05) is 11.8 Å². The Balaban J connectivity index is 1.82. The van der Waals surface area contributed by atoms with Gasteiger partial charge < -0.3 is 5.11 Å². The molecule has 0 spiro atoms. The number of rotatable bonds is 2. The van der Waals surface area contributed by atoms with Gasteiger partial charge in [-0.2, -0.15) is 5.10 Å². The van der Waals surface area contributed by atoms with Crippen molar-refractivity contribution >= 4 is 5.97 Å². The van der Waals surface area contributed by atoms with Crippen LogP contribution in [-0.2, 0) is 12.8 Å². The standard InChI is InChI=1S/C18H14N2O2/c21-18(22)13-5-3-6-15(10-13)20-11-14-9-8-12-4-1-2-7-16(12)17(14)19-20/h1-7,10-11H,8-9H2,(H,21,22). The monoisotopic (exact) mass is 290 g/mol. The Bertz CT molecular complexity index is 880. The van der Waals surface area contributed by atoms with E-state index in [2.05, 4.69) is 23.3 Å². The van der Waals surface area contributed by atoms with E-state index in [4.69, 9.17) is 5.11 Å². The van der Waals surface area contributed by atoms with Crippen LogP contribution in [0.5, 0.6) is 0 Å². The number of hydrogen-bond donors (Lipinski definition) is 1. The normalized spacial score (nSPS) is 12.5. The molecule has 0 aliphatic heterocycles. The number of hydrogen-bond acceptors (Lipinski definition) is 2. The van der Waals surface area contributed by atoms with E-state index in [9.17, 15) is 4.79 Å². The summed E-state index contributed by atoms with van der Waals surface area (Å²) >= 11 is 0. The zero-order chi connectivity index (χ0) is 15.1. The average molecular weight is 290 g/mol. The summed E-state index contributed by atoms with van der Waals surface area (Å²) in [6, 6.07) is 15.2. The Hall–Kier alpha value is -2.88. The molecule has 1 N–H and O–H groups in total. The lowest BCUT2D eigenvalue weighted by Gasteiger charge is -2.13. The Morgan fingerprint density at radius 3 is 2.73 bits per heavy atom. The van der Waals surface area contributed by atoms with Crippen molar-refractivity contribution in [2.45, 2.75) is 12.8 Å². The molecule has 0 bridgehead atoms. The number of aryl methyl sites for hydroxylation is 2. The number of benzene rings is 2. The predicted molar refractivity (Wildman–Crippen MR) is 83.4 cm³/mol. The van der Waals surface area contributed by atoms with Crippen molar-refractivity contribution in [2.75, 3.05) is 0 Å². The van der Waals surface area contributed by atoms with Gasteiger partial charge in [0.05, 0.1) is 16.9 Å². The van der Waals surface area contributed by atoms with Gasteiger partial charge in [0.2, 0.25) is 0 Å². The van der Waals surface area contributed by atoms with Crippen LogP contribution in [-0.4, -0.2) is 20.9 Å². The number of fused-ring (bicyclic) bond motifs is 3. The van der Waals surface area contributed by atoms with Crippen LogP contribution in [0.2, 0.25) is 0 Å². The summed E-state index contributed by atoms with van der Waals surface area (Å²) in [7, 11) is 0. The second kappa shape index (κ2) is 4.84. The van der Waals surface area contributed by atoms with Crippen molar-refractivity contribution in [1.82, 2.24) is 9.78 Å². The fraction of sp³-hybridized carbons (Fsp3) is 0.111. The zero-order valence-electron chi connectivity index (χ0n) is 11.9. The van der Waals surface area contributed by atoms with E-state index in [1.54, 1.807) is 22.9 Å². The summed E-state index contributed by atoms with van der Waals surface area (Å²) in [6.07, 6.45) is 3.99. The van der Waals surface area contributed by atoms with E-state index in [1.807, 2.05) is 18.3 Å². The van der Waals surface area contributed by atoms with Crippen molar-refractivity contribution < 1.29 is 9.90 Å². The van der Waals surface area contributed by atoms with Crippen LogP contribution in [0.25, 0.3) is 16.9 Å². The van der Waals surface area contributed by atoms with E-state index >= 15 is 0 Å². The Labute approximate surface area is 127 Å². The fourth-order valence-electron chi connectivity index (χ4n) is 2.97. The topological polar surface area (TPSA) is 55.1 Å². The summed E-state index contributed by atoms with van der Waals surface area (Å²) in [5, 5.41) is 13.8. The summed E-state index contributed by atoms with van der Waals surface area (Å²) in [6.45, 7) is 0. The largest absolute Gasteiger partial charge is 0.478 e. The van der Waals surface area contributed by atoms with E-state index in [0.717, 1.165) is 24.2 Å². The smallest absolute Gasteiger partial charge is 0.335 e. The van der Waals surface area contributed by atoms with Crippen LogP contribution in [0.3, 0.4) is 0 Å². The molecular weight excluding hydrogens is 276 g/mol. The maximum absolute atomic E-state index is 11.1. The summed E-state index contributed by atoms with van der Waals surface area (Å²) < 4.78 is 1.78. The van der Waals surface area contributed by atoms with E-state index in [1.165, 1.54) is 16.7 Å². The molecule has 0 amide bonds. The van der Waals surface area contributed by atoms with Gasteiger partial charge in [-0.1, -0.05) is 30.3 Å². The predicted octanol–water partition coefficient (Wildman–Crippen LogP) is 3.34. The second-order valence-corrected chi connectivity index (χ2v) is 5.46. The minimum Gasteiger partial charge on any atom is -0.478 e. The van der Waals surface area contributed by atoms with Gasteiger partial charge in [0.25, 0.3) is 0 Å². The van der Waals surface area contributed by atoms with Crippen LogP contribution in [0.15, 0.2) is 54.7 Å². The van der Waals surface area contributed by atoms with Gasteiger partial charge in [0.15, 0.2) is 0 Å². The third-order valence-electron chi connectivity index (χ3n) is 4.08. The van der Waals surface area contributed by atoms with Crippen molar-refractivity contribution in [2.24, 2.45) is 0 Å². The molecule has 0 radical (unpaired) electrons. The summed E-state index contributed by atoms with van der Waals surface area (Å²) in [5.74, 6) is -0.927. The summed E-state index contributed by atoms with van der Waals surface area (Å²) in [5.41, 5.74) is 5.75. The van der Waals surface area contributed by atoms with Crippen LogP contribution in [0.1, 0.15) is 21.5 Å². The molecule has 1 aliphatic rings. The molecule has 4 rings (SSSR count). The van der Waals surface area contributed by atoms with Crippen LogP contribution in [0, 0.1) is 0 Å². The molecule has 1 aromatic heterocycles. The molecule has 1 aliphatic carbocycles. The highest BCUT2D eigenvalue weighted by Crippen LogP contribution is 2.32. The molecule has 0 atom stereocenters. The SMILES string of the molecule is O=C(O)c1cccc(-n2cc3c(n2)-c2ccccc2CC3)c1. The first-order valence-corrected chi connectivity index (χ1v) is 7.23. The Kier molecular flexibility index (Phi) is 2.82. The number of aromatic carboxylic acids is 1. The van der Waals surface area contributed by atoms with Gasteiger partial charge in [-0.15, -0.1) is 0 Å².